The van der Waals surface area contributed by atoms with Gasteiger partial charge in [0, 0.05) is 13.0 Å². The Hall–Kier alpha value is -1.91. The van der Waals surface area contributed by atoms with Gasteiger partial charge >= 0.3 is 5.97 Å². The van der Waals surface area contributed by atoms with Crippen molar-refractivity contribution >= 4 is 11.9 Å². The van der Waals surface area contributed by atoms with E-state index < -0.39 is 11.4 Å². The smallest absolute Gasteiger partial charge is 0.309 e. The fraction of sp³-hybridized carbons (Fsp3) is 0.467. The van der Waals surface area contributed by atoms with Gasteiger partial charge in [0.05, 0.1) is 5.41 Å². The zero-order valence-corrected chi connectivity index (χ0v) is 11.8. The number of nitrogens with one attached hydrogen (secondary N) is 1. The zero-order valence-electron chi connectivity index (χ0n) is 11.8. The lowest BCUT2D eigenvalue weighted by Gasteiger charge is -2.18. The van der Waals surface area contributed by atoms with Crippen molar-refractivity contribution in [3.05, 3.63) is 35.6 Å². The van der Waals surface area contributed by atoms with E-state index in [1.807, 2.05) is 0 Å². The predicted molar refractivity (Wildman–Crippen MR) is 73.8 cm³/mol. The van der Waals surface area contributed by atoms with Crippen LogP contribution >= 0.6 is 0 Å². The van der Waals surface area contributed by atoms with Gasteiger partial charge in [-0.3, -0.25) is 9.59 Å². The number of aryl methyl sites for hydroxylation is 1. The average molecular weight is 281 g/mol. The largest absolute Gasteiger partial charge is 0.481 e. The number of rotatable bonds is 7. The summed E-state index contributed by atoms with van der Waals surface area (Å²) in [6, 6.07) is 6.03. The number of carbonyl (C=O) groups is 2. The number of halogens is 1. The first-order chi connectivity index (χ1) is 9.31. The van der Waals surface area contributed by atoms with E-state index in [1.54, 1.807) is 26.0 Å². The Morgan fingerprint density at radius 3 is 2.40 bits per heavy atom. The first kappa shape index (κ1) is 16.1. The maximum absolute atomic E-state index is 12.7. The highest BCUT2D eigenvalue weighted by Crippen LogP contribution is 2.19. The second kappa shape index (κ2) is 7.03. The molecule has 0 heterocycles. The molecule has 1 aromatic rings. The van der Waals surface area contributed by atoms with Gasteiger partial charge in [-0.1, -0.05) is 12.1 Å². The van der Waals surface area contributed by atoms with Crippen LogP contribution < -0.4 is 5.32 Å². The third kappa shape index (κ3) is 5.38. The number of carboxylic acids is 1. The van der Waals surface area contributed by atoms with E-state index in [0.29, 0.717) is 25.8 Å². The second-order valence-corrected chi connectivity index (χ2v) is 5.42. The summed E-state index contributed by atoms with van der Waals surface area (Å²) >= 11 is 0. The molecule has 0 radical (unpaired) electrons. The van der Waals surface area contributed by atoms with E-state index in [4.69, 9.17) is 5.11 Å². The number of amides is 1. The third-order valence-electron chi connectivity index (χ3n) is 3.21. The molecule has 0 fully saturated rings. The van der Waals surface area contributed by atoms with E-state index >= 15 is 0 Å². The maximum atomic E-state index is 12.7. The summed E-state index contributed by atoms with van der Waals surface area (Å²) in [7, 11) is 0. The first-order valence-electron chi connectivity index (χ1n) is 6.56. The Kier molecular flexibility index (Phi) is 5.67. The van der Waals surface area contributed by atoms with Gasteiger partial charge in [-0.2, -0.15) is 0 Å². The molecule has 0 aromatic heterocycles. The third-order valence-corrected chi connectivity index (χ3v) is 3.21. The van der Waals surface area contributed by atoms with Crippen molar-refractivity contribution < 1.29 is 19.1 Å². The van der Waals surface area contributed by atoms with Gasteiger partial charge in [0.1, 0.15) is 5.82 Å². The van der Waals surface area contributed by atoms with Gasteiger partial charge in [-0.25, -0.2) is 4.39 Å². The summed E-state index contributed by atoms with van der Waals surface area (Å²) in [6.07, 6.45) is 1.22. The summed E-state index contributed by atoms with van der Waals surface area (Å²) in [6.45, 7) is 3.58. The lowest BCUT2D eigenvalue weighted by atomic mass is 9.90. The van der Waals surface area contributed by atoms with Gasteiger partial charge in [-0.05, 0) is 44.4 Å². The minimum atomic E-state index is -0.877. The number of hydrogen-bond donors (Lipinski definition) is 2. The van der Waals surface area contributed by atoms with Crippen LogP contribution in [0.25, 0.3) is 0 Å². The Labute approximate surface area is 118 Å². The van der Waals surface area contributed by atoms with Crippen LogP contribution in [0, 0.1) is 11.2 Å². The van der Waals surface area contributed by atoms with E-state index in [0.717, 1.165) is 5.56 Å². The number of carboxylic acid groups (broad SMARTS) is 1. The van der Waals surface area contributed by atoms with Gasteiger partial charge in [0.25, 0.3) is 0 Å². The normalized spacial score (nSPS) is 11.2. The fourth-order valence-electron chi connectivity index (χ4n) is 1.62. The minimum Gasteiger partial charge on any atom is -0.481 e. The predicted octanol–water partition coefficient (Wildman–Crippen LogP) is 2.38. The molecular weight excluding hydrogens is 261 g/mol. The molecule has 1 aromatic carbocycles. The number of hydrogen-bond acceptors (Lipinski definition) is 2. The van der Waals surface area contributed by atoms with Gasteiger partial charge in [-0.15, -0.1) is 0 Å². The SMILES string of the molecule is CC(C)(CCNC(=O)CCc1ccc(F)cc1)C(=O)O. The molecule has 0 unspecified atom stereocenters. The first-order valence-corrected chi connectivity index (χ1v) is 6.56. The van der Waals surface area contributed by atoms with Crippen LogP contribution in [0.3, 0.4) is 0 Å². The number of benzene rings is 1. The molecule has 1 rings (SSSR count). The summed E-state index contributed by atoms with van der Waals surface area (Å²) < 4.78 is 12.7. The average Bonchev–Trinajstić information content (AvgIpc) is 2.37. The quantitative estimate of drug-likeness (QED) is 0.806. The van der Waals surface area contributed by atoms with Crippen molar-refractivity contribution in [2.75, 3.05) is 6.54 Å². The van der Waals surface area contributed by atoms with Crippen LogP contribution in [0.5, 0.6) is 0 Å². The molecule has 1 amide bonds. The number of carbonyl (C=O) groups excluding carboxylic acids is 1. The van der Waals surface area contributed by atoms with Gasteiger partial charge < -0.3 is 10.4 Å². The maximum Gasteiger partial charge on any atom is 0.309 e. The molecule has 2 N–H and O–H groups in total. The van der Waals surface area contributed by atoms with Crippen molar-refractivity contribution in [1.29, 1.82) is 0 Å². The van der Waals surface area contributed by atoms with E-state index in [2.05, 4.69) is 5.32 Å². The standard InChI is InChI=1S/C15H20FNO3/c1-15(2,14(19)20)9-10-17-13(18)8-5-11-3-6-12(16)7-4-11/h3-4,6-7H,5,8-10H2,1-2H3,(H,17,18)(H,19,20). The molecular formula is C15H20FNO3. The zero-order chi connectivity index (χ0) is 15.2. The molecule has 0 bridgehead atoms. The highest BCUT2D eigenvalue weighted by Gasteiger charge is 2.26. The Morgan fingerprint density at radius 2 is 1.85 bits per heavy atom. The van der Waals surface area contributed by atoms with Crippen molar-refractivity contribution in [2.45, 2.75) is 33.1 Å². The highest BCUT2D eigenvalue weighted by molar-refractivity contribution is 5.76. The van der Waals surface area contributed by atoms with Crippen LogP contribution in [-0.2, 0) is 16.0 Å². The van der Waals surface area contributed by atoms with Crippen LogP contribution in [0.15, 0.2) is 24.3 Å². The Morgan fingerprint density at radius 1 is 1.25 bits per heavy atom. The summed E-state index contributed by atoms with van der Waals surface area (Å²) in [5, 5.41) is 11.6. The van der Waals surface area contributed by atoms with Crippen LogP contribution in [0.1, 0.15) is 32.3 Å². The molecule has 0 aliphatic heterocycles. The molecule has 0 saturated heterocycles. The monoisotopic (exact) mass is 281 g/mol. The number of aliphatic carboxylic acids is 1. The van der Waals surface area contributed by atoms with Gasteiger partial charge in [0.15, 0.2) is 0 Å². The molecule has 0 saturated carbocycles. The van der Waals surface area contributed by atoms with Crippen molar-refractivity contribution in [3.8, 4) is 0 Å². The molecule has 5 heteroatoms. The van der Waals surface area contributed by atoms with Crippen molar-refractivity contribution in [1.82, 2.24) is 5.32 Å². The van der Waals surface area contributed by atoms with Crippen molar-refractivity contribution in [3.63, 3.8) is 0 Å². The molecule has 110 valence electrons. The van der Waals surface area contributed by atoms with E-state index in [1.165, 1.54) is 12.1 Å². The van der Waals surface area contributed by atoms with Crippen LogP contribution in [-0.4, -0.2) is 23.5 Å². The second-order valence-electron chi connectivity index (χ2n) is 5.42. The molecule has 20 heavy (non-hydrogen) atoms. The van der Waals surface area contributed by atoms with E-state index in [9.17, 15) is 14.0 Å². The minimum absolute atomic E-state index is 0.129. The summed E-state index contributed by atoms with van der Waals surface area (Å²) in [5.41, 5.74) is 0.0527. The Balaban J connectivity index is 2.27. The van der Waals surface area contributed by atoms with Crippen LogP contribution in [0.4, 0.5) is 4.39 Å². The molecule has 4 nitrogen and oxygen atoms in total. The summed E-state index contributed by atoms with van der Waals surface area (Å²) in [5.74, 6) is -1.30. The highest BCUT2D eigenvalue weighted by atomic mass is 19.1. The molecule has 0 spiro atoms. The fourth-order valence-corrected chi connectivity index (χ4v) is 1.62. The van der Waals surface area contributed by atoms with Gasteiger partial charge in [0.2, 0.25) is 5.91 Å². The lowest BCUT2D eigenvalue weighted by Crippen LogP contribution is -2.32. The molecule has 0 atom stereocenters. The molecule has 0 aliphatic rings. The summed E-state index contributed by atoms with van der Waals surface area (Å²) in [4.78, 5) is 22.5. The topological polar surface area (TPSA) is 66.4 Å². The molecule has 0 aliphatic carbocycles. The van der Waals surface area contributed by atoms with Crippen molar-refractivity contribution in [2.24, 2.45) is 5.41 Å². The lowest BCUT2D eigenvalue weighted by molar-refractivity contribution is -0.147. The Bertz CT molecular complexity index is 469. The van der Waals surface area contributed by atoms with E-state index in [-0.39, 0.29) is 11.7 Å². The van der Waals surface area contributed by atoms with Crippen LogP contribution in [0.2, 0.25) is 0 Å².